The van der Waals surface area contributed by atoms with E-state index in [0.29, 0.717) is 12.0 Å². The van der Waals surface area contributed by atoms with E-state index < -0.39 is 30.5 Å². The maximum Gasteiger partial charge on any atom is 0.338 e. The van der Waals surface area contributed by atoms with Gasteiger partial charge in [-0.25, -0.2) is 9.59 Å². The number of methoxy groups -OCH3 is 1. The SMILES string of the molecule is COC(=O)[C@H]1Cc2ccccc2CN1C(=O)COC(=O)c1ccncc1. The van der Waals surface area contributed by atoms with Crippen LogP contribution in [0.5, 0.6) is 0 Å². The second kappa shape index (κ2) is 7.77. The van der Waals surface area contributed by atoms with E-state index in [1.807, 2.05) is 24.3 Å². The highest BCUT2D eigenvalue weighted by Crippen LogP contribution is 2.24. The average molecular weight is 354 g/mol. The molecule has 1 atom stereocenters. The molecule has 3 rings (SSSR count). The lowest BCUT2D eigenvalue weighted by molar-refractivity contribution is -0.155. The summed E-state index contributed by atoms with van der Waals surface area (Å²) >= 11 is 0. The van der Waals surface area contributed by atoms with Crippen LogP contribution in [0, 0.1) is 0 Å². The molecule has 1 amide bonds. The lowest BCUT2D eigenvalue weighted by Crippen LogP contribution is -2.50. The van der Waals surface area contributed by atoms with Crippen molar-refractivity contribution in [3.05, 3.63) is 65.5 Å². The lowest BCUT2D eigenvalue weighted by Gasteiger charge is -2.35. The van der Waals surface area contributed by atoms with E-state index in [0.717, 1.165) is 11.1 Å². The Morgan fingerprint density at radius 1 is 1.12 bits per heavy atom. The van der Waals surface area contributed by atoms with Crippen molar-refractivity contribution in [2.45, 2.75) is 19.0 Å². The van der Waals surface area contributed by atoms with Crippen LogP contribution in [-0.2, 0) is 32.0 Å². The number of fused-ring (bicyclic) bond motifs is 1. The van der Waals surface area contributed by atoms with Gasteiger partial charge >= 0.3 is 11.9 Å². The second-order valence-electron chi connectivity index (χ2n) is 5.85. The Labute approximate surface area is 150 Å². The van der Waals surface area contributed by atoms with Gasteiger partial charge in [0.25, 0.3) is 5.91 Å². The zero-order valence-electron chi connectivity index (χ0n) is 14.3. The van der Waals surface area contributed by atoms with E-state index in [9.17, 15) is 14.4 Å². The molecule has 2 aromatic rings. The van der Waals surface area contributed by atoms with Gasteiger partial charge in [0.15, 0.2) is 6.61 Å². The van der Waals surface area contributed by atoms with Gasteiger partial charge in [0, 0.05) is 25.4 Å². The third-order valence-electron chi connectivity index (χ3n) is 4.28. The normalized spacial score (nSPS) is 15.7. The summed E-state index contributed by atoms with van der Waals surface area (Å²) in [7, 11) is 1.29. The predicted octanol–water partition coefficient (Wildman–Crippen LogP) is 1.36. The Kier molecular flexibility index (Phi) is 5.26. The van der Waals surface area contributed by atoms with Gasteiger partial charge in [-0.1, -0.05) is 24.3 Å². The van der Waals surface area contributed by atoms with Gasteiger partial charge in [-0.15, -0.1) is 0 Å². The van der Waals surface area contributed by atoms with E-state index in [1.165, 1.54) is 36.5 Å². The number of hydrogen-bond acceptors (Lipinski definition) is 6. The van der Waals surface area contributed by atoms with Crippen LogP contribution in [0.25, 0.3) is 0 Å². The molecule has 0 spiro atoms. The number of hydrogen-bond donors (Lipinski definition) is 0. The molecule has 2 heterocycles. The number of carbonyl (C=O) groups is 3. The van der Waals surface area contributed by atoms with Crippen molar-refractivity contribution in [3.63, 3.8) is 0 Å². The molecule has 1 aromatic heterocycles. The number of pyridine rings is 1. The van der Waals surface area contributed by atoms with Gasteiger partial charge in [-0.05, 0) is 23.3 Å². The molecule has 0 radical (unpaired) electrons. The number of esters is 2. The Balaban J connectivity index is 1.72. The largest absolute Gasteiger partial charge is 0.467 e. The molecule has 134 valence electrons. The minimum atomic E-state index is -0.734. The van der Waals surface area contributed by atoms with Crippen molar-refractivity contribution in [3.8, 4) is 0 Å². The summed E-state index contributed by atoms with van der Waals surface area (Å²) in [6.45, 7) is -0.182. The molecule has 0 N–H and O–H groups in total. The quantitative estimate of drug-likeness (QED) is 0.771. The first-order valence-corrected chi connectivity index (χ1v) is 8.11. The van der Waals surface area contributed by atoms with Crippen LogP contribution in [-0.4, -0.2) is 47.5 Å². The van der Waals surface area contributed by atoms with E-state index in [-0.39, 0.29) is 6.54 Å². The van der Waals surface area contributed by atoms with Crippen LogP contribution < -0.4 is 0 Å². The van der Waals surface area contributed by atoms with Crippen LogP contribution in [0.1, 0.15) is 21.5 Å². The monoisotopic (exact) mass is 354 g/mol. The number of benzene rings is 1. The van der Waals surface area contributed by atoms with Gasteiger partial charge in [-0.3, -0.25) is 9.78 Å². The summed E-state index contributed by atoms with van der Waals surface area (Å²) in [6.07, 6.45) is 3.30. The van der Waals surface area contributed by atoms with Gasteiger partial charge in [0.2, 0.25) is 0 Å². The Bertz CT molecular complexity index is 822. The average Bonchev–Trinajstić information content (AvgIpc) is 2.70. The molecule has 0 aliphatic carbocycles. The van der Waals surface area contributed by atoms with E-state index in [2.05, 4.69) is 4.98 Å². The van der Waals surface area contributed by atoms with Crippen molar-refractivity contribution in [2.75, 3.05) is 13.7 Å². The van der Waals surface area contributed by atoms with E-state index in [1.54, 1.807) is 0 Å². The number of amides is 1. The Hall–Kier alpha value is -3.22. The molecular formula is C19H18N2O5. The van der Waals surface area contributed by atoms with Crippen molar-refractivity contribution >= 4 is 17.8 Å². The summed E-state index contributed by atoms with van der Waals surface area (Å²) in [6, 6.07) is 9.87. The van der Waals surface area contributed by atoms with Crippen LogP contribution in [0.15, 0.2) is 48.8 Å². The molecule has 0 saturated carbocycles. The van der Waals surface area contributed by atoms with Gasteiger partial charge in [-0.2, -0.15) is 0 Å². The molecular weight excluding hydrogens is 336 g/mol. The fourth-order valence-electron chi connectivity index (χ4n) is 2.91. The summed E-state index contributed by atoms with van der Waals surface area (Å²) in [5.41, 5.74) is 2.27. The highest BCUT2D eigenvalue weighted by molar-refractivity contribution is 5.92. The molecule has 1 aliphatic rings. The third-order valence-corrected chi connectivity index (χ3v) is 4.28. The van der Waals surface area contributed by atoms with Crippen molar-refractivity contribution in [1.82, 2.24) is 9.88 Å². The van der Waals surface area contributed by atoms with Crippen LogP contribution in [0.3, 0.4) is 0 Å². The van der Waals surface area contributed by atoms with Crippen LogP contribution in [0.2, 0.25) is 0 Å². The summed E-state index contributed by atoms with van der Waals surface area (Å²) in [5.74, 6) is -1.56. The minimum Gasteiger partial charge on any atom is -0.467 e. The van der Waals surface area contributed by atoms with Gasteiger partial charge < -0.3 is 14.4 Å². The van der Waals surface area contributed by atoms with E-state index >= 15 is 0 Å². The lowest BCUT2D eigenvalue weighted by atomic mass is 9.94. The zero-order chi connectivity index (χ0) is 18.5. The highest BCUT2D eigenvalue weighted by Gasteiger charge is 2.35. The summed E-state index contributed by atoms with van der Waals surface area (Å²) in [4.78, 5) is 41.9. The first kappa shape index (κ1) is 17.6. The number of aromatic nitrogens is 1. The minimum absolute atomic E-state index is 0.265. The second-order valence-corrected chi connectivity index (χ2v) is 5.85. The predicted molar refractivity (Wildman–Crippen MR) is 91.0 cm³/mol. The smallest absolute Gasteiger partial charge is 0.338 e. The fraction of sp³-hybridized carbons (Fsp3) is 0.263. The molecule has 1 aliphatic heterocycles. The molecule has 0 fully saturated rings. The fourth-order valence-corrected chi connectivity index (χ4v) is 2.91. The number of carbonyl (C=O) groups excluding carboxylic acids is 3. The van der Waals surface area contributed by atoms with Gasteiger partial charge in [0.1, 0.15) is 6.04 Å². The molecule has 1 aromatic carbocycles. The molecule has 0 unspecified atom stereocenters. The molecule has 7 nitrogen and oxygen atoms in total. The van der Waals surface area contributed by atoms with Gasteiger partial charge in [0.05, 0.1) is 12.7 Å². The Morgan fingerprint density at radius 3 is 2.50 bits per heavy atom. The van der Waals surface area contributed by atoms with Crippen molar-refractivity contribution < 1.29 is 23.9 Å². The topological polar surface area (TPSA) is 85.8 Å². The van der Waals surface area contributed by atoms with Crippen LogP contribution >= 0.6 is 0 Å². The van der Waals surface area contributed by atoms with Crippen LogP contribution in [0.4, 0.5) is 0 Å². The molecule has 26 heavy (non-hydrogen) atoms. The summed E-state index contributed by atoms with van der Waals surface area (Å²) in [5, 5.41) is 0. The third kappa shape index (κ3) is 3.72. The number of nitrogens with zero attached hydrogens (tertiary/aromatic N) is 2. The number of ether oxygens (including phenoxy) is 2. The van der Waals surface area contributed by atoms with Crippen molar-refractivity contribution in [1.29, 1.82) is 0 Å². The first-order valence-electron chi connectivity index (χ1n) is 8.11. The zero-order valence-corrected chi connectivity index (χ0v) is 14.3. The molecule has 0 bridgehead atoms. The number of rotatable bonds is 4. The Morgan fingerprint density at radius 2 is 1.81 bits per heavy atom. The summed E-state index contributed by atoms with van der Waals surface area (Å²) < 4.78 is 9.92. The first-order chi connectivity index (χ1) is 12.6. The molecule has 0 saturated heterocycles. The standard InChI is InChI=1S/C19H18N2O5/c1-25-19(24)16-10-14-4-2-3-5-15(14)11-21(16)17(22)12-26-18(23)13-6-8-20-9-7-13/h2-9,16H,10-12H2,1H3/t16-/m1/s1. The van der Waals surface area contributed by atoms with E-state index in [4.69, 9.17) is 9.47 Å². The maximum absolute atomic E-state index is 12.6. The van der Waals surface area contributed by atoms with Crippen molar-refractivity contribution in [2.24, 2.45) is 0 Å². The maximum atomic E-state index is 12.6. The molecule has 7 heteroatoms. The highest BCUT2D eigenvalue weighted by atomic mass is 16.5.